The number of amides is 1. The number of nitrogens with one attached hydrogen (secondary N) is 1. The van der Waals surface area contributed by atoms with Crippen LogP contribution in [0.15, 0.2) is 109 Å². The van der Waals surface area contributed by atoms with Crippen molar-refractivity contribution in [3.8, 4) is 0 Å². The Morgan fingerprint density at radius 3 is 1.11 bits per heavy atom. The van der Waals surface area contributed by atoms with E-state index >= 15 is 0 Å². The van der Waals surface area contributed by atoms with Crippen molar-refractivity contribution in [1.82, 2.24) is 5.32 Å². The third-order valence-corrected chi connectivity index (χ3v) is 18.1. The summed E-state index contributed by atoms with van der Waals surface area (Å²) in [6.45, 7) is 1.62. The molecule has 0 aromatic carbocycles. The summed E-state index contributed by atoms with van der Waals surface area (Å²) < 4.78 is 34.4. The minimum absolute atomic E-state index is 0.232. The normalized spacial score (nSPS) is 27.5. The van der Waals surface area contributed by atoms with E-state index in [9.17, 15) is 61.0 Å². The molecule has 0 aromatic heterocycles. The first-order valence-electron chi connectivity index (χ1n) is 37.6. The Morgan fingerprint density at radius 2 is 0.711 bits per heavy atom. The second-order valence-electron chi connectivity index (χ2n) is 26.4. The summed E-state index contributed by atoms with van der Waals surface area (Å²) in [6, 6.07) is -0.983. The van der Waals surface area contributed by atoms with Crippen LogP contribution in [0.1, 0.15) is 245 Å². The lowest BCUT2D eigenvalue weighted by Gasteiger charge is -2.48. The molecule has 0 aromatic rings. The van der Waals surface area contributed by atoms with Gasteiger partial charge in [-0.25, -0.2) is 0 Å². The first-order chi connectivity index (χ1) is 47.3. The molecular weight excluding hydrogens is 1240 g/mol. The highest BCUT2D eigenvalue weighted by atomic mass is 16.8. The molecule has 12 N–H and O–H groups in total. The number of rotatable bonds is 57. The molecule has 558 valence electrons. The number of aliphatic hydroxyl groups is 11. The van der Waals surface area contributed by atoms with Crippen molar-refractivity contribution < 1.29 is 89.4 Å². The van der Waals surface area contributed by atoms with E-state index < -0.39 is 124 Å². The number of hydrogen-bond donors (Lipinski definition) is 12. The number of carbonyl (C=O) groups is 1. The highest BCUT2D eigenvalue weighted by Crippen LogP contribution is 2.33. The van der Waals surface area contributed by atoms with Crippen molar-refractivity contribution >= 4 is 5.91 Å². The lowest BCUT2D eigenvalue weighted by Crippen LogP contribution is -2.66. The zero-order valence-electron chi connectivity index (χ0n) is 59.3. The van der Waals surface area contributed by atoms with Crippen LogP contribution in [0.25, 0.3) is 0 Å². The Morgan fingerprint density at radius 1 is 0.381 bits per heavy atom. The smallest absolute Gasteiger partial charge is 0.220 e. The van der Waals surface area contributed by atoms with Gasteiger partial charge in [-0.15, -0.1) is 0 Å². The quantitative estimate of drug-likeness (QED) is 0.0199. The van der Waals surface area contributed by atoms with Gasteiger partial charge in [0.1, 0.15) is 73.2 Å². The van der Waals surface area contributed by atoms with Crippen LogP contribution < -0.4 is 5.32 Å². The van der Waals surface area contributed by atoms with Gasteiger partial charge >= 0.3 is 0 Å². The van der Waals surface area contributed by atoms with Crippen LogP contribution in [0.3, 0.4) is 0 Å². The Labute approximate surface area is 583 Å². The summed E-state index contributed by atoms with van der Waals surface area (Å²) in [7, 11) is 0. The van der Waals surface area contributed by atoms with Crippen molar-refractivity contribution in [1.29, 1.82) is 0 Å². The van der Waals surface area contributed by atoms with Crippen LogP contribution in [-0.2, 0) is 33.2 Å². The number of carbonyl (C=O) groups excluding carboxylic acids is 1. The summed E-state index contributed by atoms with van der Waals surface area (Å²) in [5.74, 6) is -0.284. The summed E-state index contributed by atoms with van der Waals surface area (Å²) in [5, 5.41) is 121. The maximum atomic E-state index is 13.4. The minimum Gasteiger partial charge on any atom is -0.394 e. The van der Waals surface area contributed by atoms with Crippen LogP contribution in [-0.4, -0.2) is 193 Å². The van der Waals surface area contributed by atoms with Crippen molar-refractivity contribution in [2.24, 2.45) is 0 Å². The molecule has 17 atom stereocenters. The maximum absolute atomic E-state index is 13.4. The molecule has 3 saturated heterocycles. The van der Waals surface area contributed by atoms with Gasteiger partial charge in [-0.3, -0.25) is 4.79 Å². The average molecular weight is 1370 g/mol. The van der Waals surface area contributed by atoms with Gasteiger partial charge in [-0.05, 0) is 83.5 Å². The monoisotopic (exact) mass is 1370 g/mol. The molecule has 0 radical (unpaired) electrons. The number of unbranched alkanes of at least 4 members (excludes halogenated alkanes) is 25. The number of allylic oxidation sites excluding steroid dienone is 17. The second-order valence-corrected chi connectivity index (χ2v) is 26.4. The molecule has 0 bridgehead atoms. The Kier molecular flexibility index (Phi) is 52.4. The molecule has 3 aliphatic heterocycles. The van der Waals surface area contributed by atoms with Gasteiger partial charge in [0.15, 0.2) is 18.9 Å². The minimum atomic E-state index is -1.98. The number of hydrogen-bond acceptors (Lipinski definition) is 18. The maximum Gasteiger partial charge on any atom is 0.220 e. The molecule has 0 aliphatic carbocycles. The molecule has 97 heavy (non-hydrogen) atoms. The van der Waals surface area contributed by atoms with Crippen LogP contribution in [0, 0.1) is 0 Å². The molecule has 3 heterocycles. The Bertz CT molecular complexity index is 2180. The van der Waals surface area contributed by atoms with Gasteiger partial charge in [-0.1, -0.05) is 264 Å². The molecule has 17 unspecified atom stereocenters. The lowest BCUT2D eigenvalue weighted by molar-refractivity contribution is -0.379. The van der Waals surface area contributed by atoms with E-state index in [1.54, 1.807) is 6.08 Å². The zero-order valence-corrected chi connectivity index (χ0v) is 59.3. The molecule has 19 nitrogen and oxygen atoms in total. The van der Waals surface area contributed by atoms with Gasteiger partial charge in [0, 0.05) is 6.42 Å². The highest BCUT2D eigenvalue weighted by Gasteiger charge is 2.53. The Balaban J connectivity index is 1.38. The van der Waals surface area contributed by atoms with Crippen molar-refractivity contribution in [3.63, 3.8) is 0 Å². The molecule has 3 aliphatic rings. The SMILES string of the molecule is CC/C=C\C/C=C\C/C=C\C/C=C\C/C=C\C/C=C\C/C=C\C/C=C\CCCCCCCCCCCCC(=O)NC(COC1OC(CO)C(OC2OC(CO)C(OC3OC(CO)C(O)C(O)C3O)C(O)C2O)C(O)C1O)C(O)/C=C/CCCCCCCCCCCCCCCCC. The van der Waals surface area contributed by atoms with Gasteiger partial charge in [0.2, 0.25) is 5.91 Å². The highest BCUT2D eigenvalue weighted by molar-refractivity contribution is 5.76. The van der Waals surface area contributed by atoms with Crippen LogP contribution in [0.4, 0.5) is 0 Å². The van der Waals surface area contributed by atoms with E-state index in [1.165, 1.54) is 109 Å². The van der Waals surface area contributed by atoms with Crippen LogP contribution in [0.2, 0.25) is 0 Å². The lowest BCUT2D eigenvalue weighted by atomic mass is 9.96. The van der Waals surface area contributed by atoms with Crippen molar-refractivity contribution in [2.75, 3.05) is 26.4 Å². The fourth-order valence-corrected chi connectivity index (χ4v) is 12.0. The van der Waals surface area contributed by atoms with E-state index in [-0.39, 0.29) is 18.9 Å². The van der Waals surface area contributed by atoms with E-state index in [0.717, 1.165) is 109 Å². The molecule has 0 spiro atoms. The summed E-state index contributed by atoms with van der Waals surface area (Å²) in [5.41, 5.74) is 0. The first kappa shape index (κ1) is 87.7. The largest absolute Gasteiger partial charge is 0.394 e. The van der Waals surface area contributed by atoms with Gasteiger partial charge < -0.3 is 89.9 Å². The molecular formula is C78H133NO18. The van der Waals surface area contributed by atoms with Gasteiger partial charge in [-0.2, -0.15) is 0 Å². The average Bonchev–Trinajstić information content (AvgIpc) is 0.792. The van der Waals surface area contributed by atoms with Crippen molar-refractivity contribution in [2.45, 2.75) is 349 Å². The third kappa shape index (κ3) is 38.9. The Hall–Kier alpha value is -3.55. The summed E-state index contributed by atoms with van der Waals surface area (Å²) >= 11 is 0. The van der Waals surface area contributed by atoms with E-state index in [0.29, 0.717) is 6.42 Å². The standard InChI is InChI=1S/C78H133NO18/c1-3-5-7-9-11-13-15-17-19-21-22-23-24-25-26-27-28-29-30-31-32-33-34-35-36-37-38-40-42-44-46-48-50-52-54-56-66(84)79-61(62(83)55-53-51-49-47-45-43-41-39-20-18-16-14-12-10-8-6-4-2)60-92-76-72(90)69(87)74(64(58-81)94-76)97-78-73(91)70(88)75(65(59-82)95-78)96-77-71(89)68(86)67(85)63(57-80)93-77/h5,7,11,13,17,19,22-23,25-26,28-29,31-32,34-35,53,55,61-65,67-78,80-83,85-91H,3-4,6,8-10,12,14-16,18,20-21,24,27,30,33,36-52,54,56-60H2,1-2H3,(H,79,84)/b7-5-,13-11-,19-17-,23-22-,26-25-,29-28-,32-31-,35-34-,55-53+. The second kappa shape index (κ2) is 58.0. The molecule has 19 heteroatoms. The van der Waals surface area contributed by atoms with Crippen molar-refractivity contribution in [3.05, 3.63) is 109 Å². The molecule has 3 rings (SSSR count). The summed E-state index contributed by atoms with van der Waals surface area (Å²) in [6.07, 6.45) is 52.0. The zero-order chi connectivity index (χ0) is 70.4. The van der Waals surface area contributed by atoms with Gasteiger partial charge in [0.25, 0.3) is 0 Å². The van der Waals surface area contributed by atoms with Crippen LogP contribution >= 0.6 is 0 Å². The first-order valence-corrected chi connectivity index (χ1v) is 37.6. The predicted octanol–water partition coefficient (Wildman–Crippen LogP) is 11.4. The van der Waals surface area contributed by atoms with Gasteiger partial charge in [0.05, 0.1) is 38.6 Å². The van der Waals surface area contributed by atoms with E-state index in [1.807, 2.05) is 6.08 Å². The fraction of sp³-hybridized carbons (Fsp3) is 0.756. The predicted molar refractivity (Wildman–Crippen MR) is 383 cm³/mol. The molecule has 1 amide bonds. The van der Waals surface area contributed by atoms with E-state index in [4.69, 9.17) is 28.4 Å². The number of aliphatic hydroxyl groups excluding tert-OH is 11. The van der Waals surface area contributed by atoms with Crippen LogP contribution in [0.5, 0.6) is 0 Å². The summed E-state index contributed by atoms with van der Waals surface area (Å²) in [4.78, 5) is 13.4. The number of ether oxygens (including phenoxy) is 6. The topological polar surface area (TPSA) is 307 Å². The molecule has 3 fully saturated rings. The van der Waals surface area contributed by atoms with E-state index in [2.05, 4.69) is 116 Å². The fourth-order valence-electron chi connectivity index (χ4n) is 12.0. The molecule has 0 saturated carbocycles. The third-order valence-electron chi connectivity index (χ3n) is 18.1.